The second-order valence-electron chi connectivity index (χ2n) is 4.77. The predicted octanol–water partition coefficient (Wildman–Crippen LogP) is 1.92. The van der Waals surface area contributed by atoms with Crippen molar-refractivity contribution in [1.29, 1.82) is 0 Å². The number of aromatic nitrogens is 1. The molecule has 3 N–H and O–H groups in total. The molecule has 1 aromatic rings. The SMILES string of the molecule is Cc1cccc(NC(=O)N[C@@H](CO)CC(C)C)n1. The Bertz CT molecular complexity index is 394. The fourth-order valence-electron chi connectivity index (χ4n) is 1.70. The van der Waals surface area contributed by atoms with Crippen molar-refractivity contribution in [2.45, 2.75) is 33.2 Å². The number of anilines is 1. The third-order valence-electron chi connectivity index (χ3n) is 2.44. The van der Waals surface area contributed by atoms with Crippen LogP contribution in [0.25, 0.3) is 0 Å². The molecule has 0 aromatic carbocycles. The largest absolute Gasteiger partial charge is 0.394 e. The molecule has 0 saturated carbocycles. The number of nitrogens with one attached hydrogen (secondary N) is 2. The molecule has 0 radical (unpaired) electrons. The first-order valence-corrected chi connectivity index (χ1v) is 6.13. The van der Waals surface area contributed by atoms with Gasteiger partial charge < -0.3 is 10.4 Å². The van der Waals surface area contributed by atoms with Gasteiger partial charge in [-0.05, 0) is 31.4 Å². The lowest BCUT2D eigenvalue weighted by Crippen LogP contribution is -2.41. The van der Waals surface area contributed by atoms with Crippen molar-refractivity contribution in [3.63, 3.8) is 0 Å². The molecule has 100 valence electrons. The van der Waals surface area contributed by atoms with Gasteiger partial charge in [0.25, 0.3) is 0 Å². The number of carbonyl (C=O) groups is 1. The van der Waals surface area contributed by atoms with Crippen LogP contribution >= 0.6 is 0 Å². The van der Waals surface area contributed by atoms with E-state index < -0.39 is 0 Å². The van der Waals surface area contributed by atoms with Crippen LogP contribution in [-0.2, 0) is 0 Å². The highest BCUT2D eigenvalue weighted by atomic mass is 16.3. The standard InChI is InChI=1S/C13H21N3O2/c1-9(2)7-11(8-17)15-13(18)16-12-6-4-5-10(3)14-12/h4-6,9,11,17H,7-8H2,1-3H3,(H2,14,15,16,18)/t11-/m1/s1. The highest BCUT2D eigenvalue weighted by Crippen LogP contribution is 2.06. The number of aliphatic hydroxyl groups excluding tert-OH is 1. The molecular formula is C13H21N3O2. The fourth-order valence-corrected chi connectivity index (χ4v) is 1.70. The maximum Gasteiger partial charge on any atom is 0.320 e. The van der Waals surface area contributed by atoms with Gasteiger partial charge in [-0.15, -0.1) is 0 Å². The zero-order valence-corrected chi connectivity index (χ0v) is 11.1. The number of urea groups is 1. The van der Waals surface area contributed by atoms with Gasteiger partial charge in [0.15, 0.2) is 0 Å². The van der Waals surface area contributed by atoms with Crippen LogP contribution in [0.2, 0.25) is 0 Å². The van der Waals surface area contributed by atoms with E-state index in [1.165, 1.54) is 0 Å². The Hall–Kier alpha value is -1.62. The molecule has 0 aliphatic carbocycles. The van der Waals surface area contributed by atoms with E-state index in [4.69, 9.17) is 0 Å². The Balaban J connectivity index is 2.50. The first-order valence-electron chi connectivity index (χ1n) is 6.13. The molecule has 1 aromatic heterocycles. The normalized spacial score (nSPS) is 12.3. The number of hydrogen-bond donors (Lipinski definition) is 3. The zero-order valence-electron chi connectivity index (χ0n) is 11.1. The molecule has 0 aliphatic heterocycles. The minimum Gasteiger partial charge on any atom is -0.394 e. The number of aryl methyl sites for hydroxylation is 1. The molecule has 0 fully saturated rings. The summed E-state index contributed by atoms with van der Waals surface area (Å²) in [6, 6.07) is 4.85. The van der Waals surface area contributed by atoms with Crippen LogP contribution in [0.5, 0.6) is 0 Å². The molecule has 0 unspecified atom stereocenters. The molecule has 2 amide bonds. The summed E-state index contributed by atoms with van der Waals surface area (Å²) in [5.74, 6) is 0.924. The molecular weight excluding hydrogens is 230 g/mol. The van der Waals surface area contributed by atoms with Crippen molar-refractivity contribution in [1.82, 2.24) is 10.3 Å². The number of pyridine rings is 1. The third-order valence-corrected chi connectivity index (χ3v) is 2.44. The van der Waals surface area contributed by atoms with Crippen LogP contribution in [-0.4, -0.2) is 28.8 Å². The van der Waals surface area contributed by atoms with Crippen molar-refractivity contribution in [2.24, 2.45) is 5.92 Å². The van der Waals surface area contributed by atoms with Crippen molar-refractivity contribution >= 4 is 11.8 Å². The van der Waals surface area contributed by atoms with Gasteiger partial charge in [-0.25, -0.2) is 9.78 Å². The van der Waals surface area contributed by atoms with E-state index in [0.29, 0.717) is 11.7 Å². The van der Waals surface area contributed by atoms with Gasteiger partial charge >= 0.3 is 6.03 Å². The minimum atomic E-state index is -0.340. The molecule has 1 heterocycles. The molecule has 1 atom stereocenters. The second-order valence-corrected chi connectivity index (χ2v) is 4.77. The summed E-state index contributed by atoms with van der Waals surface area (Å²) in [6.45, 7) is 5.89. The summed E-state index contributed by atoms with van der Waals surface area (Å²) in [6.07, 6.45) is 0.741. The molecule has 18 heavy (non-hydrogen) atoms. The number of rotatable bonds is 5. The average Bonchev–Trinajstić information content (AvgIpc) is 2.27. The highest BCUT2D eigenvalue weighted by Gasteiger charge is 2.13. The van der Waals surface area contributed by atoms with Gasteiger partial charge in [-0.3, -0.25) is 5.32 Å². The zero-order chi connectivity index (χ0) is 13.5. The van der Waals surface area contributed by atoms with Crippen LogP contribution in [0.1, 0.15) is 26.0 Å². The fraction of sp³-hybridized carbons (Fsp3) is 0.538. The van der Waals surface area contributed by atoms with Gasteiger partial charge in [-0.2, -0.15) is 0 Å². The van der Waals surface area contributed by atoms with Crippen molar-refractivity contribution in [3.8, 4) is 0 Å². The van der Waals surface area contributed by atoms with Crippen molar-refractivity contribution < 1.29 is 9.90 Å². The Labute approximate surface area is 108 Å². The van der Waals surface area contributed by atoms with E-state index in [1.54, 1.807) is 6.07 Å². The van der Waals surface area contributed by atoms with E-state index in [2.05, 4.69) is 15.6 Å². The second kappa shape index (κ2) is 6.96. The molecule has 5 nitrogen and oxygen atoms in total. The van der Waals surface area contributed by atoms with E-state index >= 15 is 0 Å². The predicted molar refractivity (Wildman–Crippen MR) is 71.5 cm³/mol. The molecule has 5 heteroatoms. The minimum absolute atomic E-state index is 0.0627. The van der Waals surface area contributed by atoms with Gasteiger partial charge in [0.05, 0.1) is 12.6 Å². The maximum atomic E-state index is 11.7. The van der Waals surface area contributed by atoms with E-state index in [-0.39, 0.29) is 18.7 Å². The number of nitrogens with zero attached hydrogens (tertiary/aromatic N) is 1. The topological polar surface area (TPSA) is 74.2 Å². The van der Waals surface area contributed by atoms with Crippen LogP contribution in [0.3, 0.4) is 0 Å². The molecule has 0 bridgehead atoms. The lowest BCUT2D eigenvalue weighted by Gasteiger charge is -2.18. The molecule has 0 aliphatic rings. The highest BCUT2D eigenvalue weighted by molar-refractivity contribution is 5.88. The summed E-state index contributed by atoms with van der Waals surface area (Å²) >= 11 is 0. The Morgan fingerprint density at radius 2 is 2.17 bits per heavy atom. The Morgan fingerprint density at radius 1 is 1.44 bits per heavy atom. The number of carbonyl (C=O) groups excluding carboxylic acids is 1. The van der Waals surface area contributed by atoms with E-state index in [0.717, 1.165) is 12.1 Å². The van der Waals surface area contributed by atoms with Crippen molar-refractivity contribution in [2.75, 3.05) is 11.9 Å². The van der Waals surface area contributed by atoms with Crippen LogP contribution in [0.15, 0.2) is 18.2 Å². The molecule has 1 rings (SSSR count). The Morgan fingerprint density at radius 3 is 2.72 bits per heavy atom. The molecule has 0 spiro atoms. The monoisotopic (exact) mass is 251 g/mol. The first kappa shape index (κ1) is 14.4. The van der Waals surface area contributed by atoms with Gasteiger partial charge in [-0.1, -0.05) is 19.9 Å². The number of aliphatic hydroxyl groups is 1. The third kappa shape index (κ3) is 5.14. The summed E-state index contributed by atoms with van der Waals surface area (Å²) in [5.41, 5.74) is 0.841. The van der Waals surface area contributed by atoms with Crippen LogP contribution < -0.4 is 10.6 Å². The van der Waals surface area contributed by atoms with Crippen LogP contribution in [0.4, 0.5) is 10.6 Å². The van der Waals surface area contributed by atoms with Gasteiger partial charge in [0, 0.05) is 5.69 Å². The Kier molecular flexibility index (Phi) is 5.58. The maximum absolute atomic E-state index is 11.7. The summed E-state index contributed by atoms with van der Waals surface area (Å²) in [5, 5.41) is 14.6. The van der Waals surface area contributed by atoms with Gasteiger partial charge in [0.2, 0.25) is 0 Å². The average molecular weight is 251 g/mol. The quantitative estimate of drug-likeness (QED) is 0.748. The van der Waals surface area contributed by atoms with E-state index in [1.807, 2.05) is 32.9 Å². The lowest BCUT2D eigenvalue weighted by atomic mass is 10.0. The summed E-state index contributed by atoms with van der Waals surface area (Å²) in [7, 11) is 0. The van der Waals surface area contributed by atoms with Crippen molar-refractivity contribution in [3.05, 3.63) is 23.9 Å². The smallest absolute Gasteiger partial charge is 0.320 e. The summed E-state index contributed by atoms with van der Waals surface area (Å²) in [4.78, 5) is 15.9. The van der Waals surface area contributed by atoms with Crippen LogP contribution in [0, 0.1) is 12.8 Å². The lowest BCUT2D eigenvalue weighted by molar-refractivity contribution is 0.214. The van der Waals surface area contributed by atoms with E-state index in [9.17, 15) is 9.90 Å². The number of hydrogen-bond acceptors (Lipinski definition) is 3. The number of amides is 2. The van der Waals surface area contributed by atoms with Gasteiger partial charge in [0.1, 0.15) is 5.82 Å². The molecule has 0 saturated heterocycles. The first-order chi connectivity index (χ1) is 8.51. The summed E-state index contributed by atoms with van der Waals surface area (Å²) < 4.78 is 0.